The third kappa shape index (κ3) is 25.6. The molecule has 0 saturated carbocycles. The summed E-state index contributed by atoms with van der Waals surface area (Å²) in [4.78, 5) is 23.6. The van der Waals surface area contributed by atoms with Crippen molar-refractivity contribution in [1.82, 2.24) is 0 Å². The van der Waals surface area contributed by atoms with Crippen LogP contribution in [0.5, 0.6) is 0 Å². The Morgan fingerprint density at radius 1 is 0.559 bits per heavy atom. The first-order chi connectivity index (χ1) is 16.5. The van der Waals surface area contributed by atoms with E-state index in [2.05, 4.69) is 20.8 Å². The first-order valence-electron chi connectivity index (χ1n) is 14.8. The smallest absolute Gasteiger partial charge is 0.306 e. The molecule has 0 heterocycles. The van der Waals surface area contributed by atoms with E-state index in [1.54, 1.807) is 0 Å². The lowest BCUT2D eigenvalue weighted by Crippen LogP contribution is -2.16. The highest BCUT2D eigenvalue weighted by Crippen LogP contribution is 2.13. The van der Waals surface area contributed by atoms with Crippen LogP contribution in [0.2, 0.25) is 0 Å². The standard InChI is InChI=1S/C30H58O4/c1-5-6-7-8-9-10-11-12-13-16-19-22-25-33-29(31)23-20-17-14-15-18-21-24-30(32)34-28(4)26-27(2)3/h27-28H,5-26H2,1-4H3. The zero-order valence-electron chi connectivity index (χ0n) is 23.3. The van der Waals surface area contributed by atoms with Crippen LogP contribution in [-0.4, -0.2) is 24.6 Å². The highest BCUT2D eigenvalue weighted by Gasteiger charge is 2.10. The molecule has 0 N–H and O–H groups in total. The van der Waals surface area contributed by atoms with Crippen LogP contribution in [0.15, 0.2) is 0 Å². The molecule has 0 aromatic carbocycles. The summed E-state index contributed by atoms with van der Waals surface area (Å²) < 4.78 is 10.8. The van der Waals surface area contributed by atoms with Gasteiger partial charge in [0.15, 0.2) is 0 Å². The molecule has 0 aliphatic carbocycles. The molecule has 0 spiro atoms. The molecule has 0 radical (unpaired) electrons. The molecule has 0 rings (SSSR count). The van der Waals surface area contributed by atoms with Gasteiger partial charge >= 0.3 is 11.9 Å². The lowest BCUT2D eigenvalue weighted by atomic mass is 10.1. The number of hydrogen-bond acceptors (Lipinski definition) is 4. The minimum atomic E-state index is -0.0657. The van der Waals surface area contributed by atoms with Gasteiger partial charge in [0.2, 0.25) is 0 Å². The Morgan fingerprint density at radius 3 is 1.44 bits per heavy atom. The highest BCUT2D eigenvalue weighted by molar-refractivity contribution is 5.69. The predicted octanol–water partition coefficient (Wildman–Crippen LogP) is 9.33. The fourth-order valence-electron chi connectivity index (χ4n) is 4.44. The van der Waals surface area contributed by atoms with Crippen LogP contribution in [0.1, 0.15) is 163 Å². The SMILES string of the molecule is CCCCCCCCCCCCCCOC(=O)CCCCCCCCC(=O)OC(C)CC(C)C. The first kappa shape index (κ1) is 32.9. The zero-order valence-corrected chi connectivity index (χ0v) is 23.3. The summed E-state index contributed by atoms with van der Waals surface area (Å²) >= 11 is 0. The molecule has 34 heavy (non-hydrogen) atoms. The van der Waals surface area contributed by atoms with Crippen LogP contribution in [0.4, 0.5) is 0 Å². The number of carbonyl (C=O) groups excluding carboxylic acids is 2. The van der Waals surface area contributed by atoms with Gasteiger partial charge in [-0.25, -0.2) is 0 Å². The summed E-state index contributed by atoms with van der Waals surface area (Å²) in [6.07, 6.45) is 24.0. The van der Waals surface area contributed by atoms with E-state index < -0.39 is 0 Å². The van der Waals surface area contributed by atoms with E-state index >= 15 is 0 Å². The second-order valence-corrected chi connectivity index (χ2v) is 10.7. The largest absolute Gasteiger partial charge is 0.466 e. The molecular formula is C30H58O4. The summed E-state index contributed by atoms with van der Waals surface area (Å²) in [7, 11) is 0. The van der Waals surface area contributed by atoms with Crippen molar-refractivity contribution >= 4 is 11.9 Å². The minimum Gasteiger partial charge on any atom is -0.466 e. The third-order valence-corrected chi connectivity index (χ3v) is 6.41. The van der Waals surface area contributed by atoms with Crippen LogP contribution in [-0.2, 0) is 19.1 Å². The normalized spacial score (nSPS) is 12.1. The van der Waals surface area contributed by atoms with Gasteiger partial charge in [0.25, 0.3) is 0 Å². The van der Waals surface area contributed by atoms with Crippen molar-refractivity contribution in [2.45, 2.75) is 169 Å². The van der Waals surface area contributed by atoms with Gasteiger partial charge in [-0.1, -0.05) is 117 Å². The summed E-state index contributed by atoms with van der Waals surface area (Å²) in [5.74, 6) is 0.444. The molecule has 0 aromatic heterocycles. The first-order valence-corrected chi connectivity index (χ1v) is 14.8. The molecule has 1 unspecified atom stereocenters. The maximum atomic E-state index is 11.8. The van der Waals surface area contributed by atoms with Gasteiger partial charge in [-0.3, -0.25) is 9.59 Å². The summed E-state index contributed by atoms with van der Waals surface area (Å²) in [6.45, 7) is 9.11. The van der Waals surface area contributed by atoms with Gasteiger partial charge in [0.05, 0.1) is 12.7 Å². The molecule has 4 nitrogen and oxygen atoms in total. The van der Waals surface area contributed by atoms with Crippen LogP contribution in [0.25, 0.3) is 0 Å². The van der Waals surface area contributed by atoms with Crippen molar-refractivity contribution in [1.29, 1.82) is 0 Å². The lowest BCUT2D eigenvalue weighted by Gasteiger charge is -2.15. The molecular weight excluding hydrogens is 424 g/mol. The van der Waals surface area contributed by atoms with E-state index in [0.717, 1.165) is 51.4 Å². The van der Waals surface area contributed by atoms with Crippen molar-refractivity contribution in [3.05, 3.63) is 0 Å². The highest BCUT2D eigenvalue weighted by atomic mass is 16.5. The van der Waals surface area contributed by atoms with Gasteiger partial charge in [-0.15, -0.1) is 0 Å². The summed E-state index contributed by atoms with van der Waals surface area (Å²) in [6, 6.07) is 0. The number of esters is 2. The van der Waals surface area contributed by atoms with E-state index in [1.165, 1.54) is 70.6 Å². The molecule has 0 fully saturated rings. The Labute approximate surface area is 212 Å². The van der Waals surface area contributed by atoms with Gasteiger partial charge in [0.1, 0.15) is 0 Å². The van der Waals surface area contributed by atoms with Crippen molar-refractivity contribution < 1.29 is 19.1 Å². The van der Waals surface area contributed by atoms with E-state index in [4.69, 9.17) is 9.47 Å². The molecule has 0 bridgehead atoms. The molecule has 0 saturated heterocycles. The molecule has 0 aliphatic rings. The fourth-order valence-corrected chi connectivity index (χ4v) is 4.44. The van der Waals surface area contributed by atoms with Gasteiger partial charge in [-0.2, -0.15) is 0 Å². The van der Waals surface area contributed by atoms with Gasteiger partial charge in [-0.05, 0) is 38.5 Å². The van der Waals surface area contributed by atoms with Crippen LogP contribution in [0.3, 0.4) is 0 Å². The minimum absolute atomic E-state index is 0.0203. The molecule has 0 amide bonds. The Bertz CT molecular complexity index is 461. The number of rotatable bonds is 25. The van der Waals surface area contributed by atoms with Crippen molar-refractivity contribution in [3.63, 3.8) is 0 Å². The van der Waals surface area contributed by atoms with Crippen LogP contribution < -0.4 is 0 Å². The Morgan fingerprint density at radius 2 is 0.971 bits per heavy atom. The van der Waals surface area contributed by atoms with Crippen LogP contribution in [0, 0.1) is 5.92 Å². The quantitative estimate of drug-likeness (QED) is 0.0960. The fraction of sp³-hybridized carbons (Fsp3) is 0.933. The average molecular weight is 483 g/mol. The Kier molecular flexibility index (Phi) is 24.3. The van der Waals surface area contributed by atoms with E-state index in [1.807, 2.05) is 6.92 Å². The number of carbonyl (C=O) groups is 2. The lowest BCUT2D eigenvalue weighted by molar-refractivity contribution is -0.149. The van der Waals surface area contributed by atoms with Crippen LogP contribution >= 0.6 is 0 Å². The van der Waals surface area contributed by atoms with E-state index in [-0.39, 0.29) is 18.0 Å². The number of unbranched alkanes of at least 4 members (excludes halogenated alkanes) is 16. The Balaban J connectivity index is 3.30. The average Bonchev–Trinajstić information content (AvgIpc) is 2.78. The number of hydrogen-bond donors (Lipinski definition) is 0. The molecule has 0 aromatic rings. The van der Waals surface area contributed by atoms with Crippen molar-refractivity contribution in [2.24, 2.45) is 5.92 Å². The summed E-state index contributed by atoms with van der Waals surface area (Å²) in [5, 5.41) is 0. The van der Waals surface area contributed by atoms with Crippen molar-refractivity contribution in [2.75, 3.05) is 6.61 Å². The van der Waals surface area contributed by atoms with E-state index in [0.29, 0.717) is 25.4 Å². The topological polar surface area (TPSA) is 52.6 Å². The number of ether oxygens (including phenoxy) is 2. The molecule has 4 heteroatoms. The third-order valence-electron chi connectivity index (χ3n) is 6.41. The maximum absolute atomic E-state index is 11.8. The Hall–Kier alpha value is -1.06. The summed E-state index contributed by atoms with van der Waals surface area (Å²) in [5.41, 5.74) is 0. The van der Waals surface area contributed by atoms with Gasteiger partial charge in [0, 0.05) is 12.8 Å². The molecule has 202 valence electrons. The molecule has 1 atom stereocenters. The second-order valence-electron chi connectivity index (χ2n) is 10.7. The maximum Gasteiger partial charge on any atom is 0.306 e. The van der Waals surface area contributed by atoms with Crippen molar-refractivity contribution in [3.8, 4) is 0 Å². The zero-order chi connectivity index (χ0) is 25.3. The second kappa shape index (κ2) is 25.0. The monoisotopic (exact) mass is 482 g/mol. The predicted molar refractivity (Wildman–Crippen MR) is 144 cm³/mol. The molecule has 0 aliphatic heterocycles. The van der Waals surface area contributed by atoms with E-state index in [9.17, 15) is 9.59 Å². The van der Waals surface area contributed by atoms with Gasteiger partial charge < -0.3 is 9.47 Å².